The normalized spacial score (nSPS) is 15.3. The van der Waals surface area contributed by atoms with E-state index in [0.717, 1.165) is 23.5 Å². The van der Waals surface area contributed by atoms with Crippen molar-refractivity contribution in [2.75, 3.05) is 26.4 Å². The number of carbonyl (C=O) groups is 1. The van der Waals surface area contributed by atoms with Gasteiger partial charge in [0.1, 0.15) is 0 Å². The van der Waals surface area contributed by atoms with Crippen LogP contribution in [-0.2, 0) is 6.54 Å². The summed E-state index contributed by atoms with van der Waals surface area (Å²) in [5, 5.41) is 9.91. The number of benzene rings is 1. The minimum absolute atomic E-state index is 0.167. The molecule has 1 aromatic carbocycles. The van der Waals surface area contributed by atoms with Crippen molar-refractivity contribution in [1.29, 1.82) is 0 Å². The van der Waals surface area contributed by atoms with E-state index in [2.05, 4.69) is 17.2 Å². The predicted molar refractivity (Wildman–Crippen MR) is 93.6 cm³/mol. The molecule has 0 bridgehead atoms. The van der Waals surface area contributed by atoms with E-state index in [0.29, 0.717) is 31.3 Å². The maximum atomic E-state index is 12.1. The third-order valence-corrected chi connectivity index (χ3v) is 4.13. The molecule has 1 aromatic rings. The number of urea groups is 1. The van der Waals surface area contributed by atoms with Crippen LogP contribution in [0.4, 0.5) is 4.79 Å². The number of amides is 2. The summed E-state index contributed by atoms with van der Waals surface area (Å²) >= 11 is 5.44. The number of rotatable bonds is 4. The molecule has 3 rings (SSSR count). The Kier molecular flexibility index (Phi) is 5.05. The monoisotopic (exact) mass is 348 g/mol. The van der Waals surface area contributed by atoms with Crippen molar-refractivity contribution in [3.8, 4) is 11.5 Å². The first kappa shape index (κ1) is 16.4. The Morgan fingerprint density at radius 2 is 2.04 bits per heavy atom. The zero-order chi connectivity index (χ0) is 16.9. The molecule has 0 saturated carbocycles. The third kappa shape index (κ3) is 3.53. The van der Waals surface area contributed by atoms with Gasteiger partial charge in [0, 0.05) is 26.2 Å². The van der Waals surface area contributed by atoms with Crippen LogP contribution in [0.2, 0.25) is 0 Å². The molecular weight excluding hydrogens is 328 g/mol. The molecule has 1 fully saturated rings. The minimum atomic E-state index is -0.167. The number of fused-ring (bicyclic) bond motifs is 1. The van der Waals surface area contributed by atoms with Gasteiger partial charge in [-0.3, -0.25) is 5.01 Å². The van der Waals surface area contributed by atoms with Gasteiger partial charge in [0.2, 0.25) is 6.79 Å². The summed E-state index contributed by atoms with van der Waals surface area (Å²) in [4.78, 5) is 12.1. The van der Waals surface area contributed by atoms with Crippen LogP contribution in [0, 0.1) is 0 Å². The van der Waals surface area contributed by atoms with E-state index >= 15 is 0 Å². The van der Waals surface area contributed by atoms with Gasteiger partial charge in [-0.15, -0.1) is 6.58 Å². The number of hydrazine groups is 1. The van der Waals surface area contributed by atoms with Gasteiger partial charge in [0.25, 0.3) is 0 Å². The van der Waals surface area contributed by atoms with Crippen molar-refractivity contribution in [1.82, 2.24) is 20.7 Å². The van der Waals surface area contributed by atoms with Gasteiger partial charge >= 0.3 is 6.03 Å². The molecule has 0 unspecified atom stereocenters. The number of nitrogens with one attached hydrogen (secondary N) is 2. The van der Waals surface area contributed by atoms with Gasteiger partial charge in [0.15, 0.2) is 16.6 Å². The van der Waals surface area contributed by atoms with Gasteiger partial charge in [-0.1, -0.05) is 12.1 Å². The predicted octanol–water partition coefficient (Wildman–Crippen LogP) is 1.61. The smallest absolute Gasteiger partial charge is 0.336 e. The lowest BCUT2D eigenvalue weighted by Crippen LogP contribution is -2.52. The molecule has 7 nitrogen and oxygen atoms in total. The van der Waals surface area contributed by atoms with E-state index in [4.69, 9.17) is 21.7 Å². The molecule has 1 saturated heterocycles. The maximum Gasteiger partial charge on any atom is 0.336 e. The number of hydrogen-bond acceptors (Lipinski definition) is 4. The molecule has 0 aliphatic carbocycles. The second kappa shape index (κ2) is 7.39. The van der Waals surface area contributed by atoms with Crippen LogP contribution in [0.5, 0.6) is 11.5 Å². The first-order valence-electron chi connectivity index (χ1n) is 7.79. The van der Waals surface area contributed by atoms with Gasteiger partial charge < -0.3 is 20.1 Å². The molecule has 2 aliphatic heterocycles. The Morgan fingerprint density at radius 3 is 2.88 bits per heavy atom. The second-order valence-electron chi connectivity index (χ2n) is 5.42. The lowest BCUT2D eigenvalue weighted by atomic mass is 10.2. The SMILES string of the molecule is C=CCNC(=O)N1CCCN1C(=S)NCc1ccc2c(c1)OCO2. The number of carbonyl (C=O) groups excluding carboxylic acids is 1. The van der Waals surface area contributed by atoms with Gasteiger partial charge in [0.05, 0.1) is 0 Å². The highest BCUT2D eigenvalue weighted by molar-refractivity contribution is 7.80. The first-order valence-corrected chi connectivity index (χ1v) is 8.20. The summed E-state index contributed by atoms with van der Waals surface area (Å²) in [6, 6.07) is 5.60. The standard InChI is InChI=1S/C16H20N4O3S/c1-2-6-17-15(21)19-7-3-8-20(19)16(24)18-10-12-4-5-13-14(9-12)23-11-22-13/h2,4-5,9H,1,3,6-8,10-11H2,(H,17,21)(H,18,24). The van der Waals surface area contributed by atoms with Crippen molar-refractivity contribution in [3.63, 3.8) is 0 Å². The van der Waals surface area contributed by atoms with E-state index in [-0.39, 0.29) is 12.8 Å². The molecule has 0 radical (unpaired) electrons. The maximum absolute atomic E-state index is 12.1. The van der Waals surface area contributed by atoms with Crippen LogP contribution in [0.25, 0.3) is 0 Å². The molecule has 2 amide bonds. The largest absolute Gasteiger partial charge is 0.454 e. The summed E-state index contributed by atoms with van der Waals surface area (Å²) in [5.41, 5.74) is 1.03. The van der Waals surface area contributed by atoms with E-state index in [1.54, 1.807) is 16.1 Å². The van der Waals surface area contributed by atoms with Crippen molar-refractivity contribution < 1.29 is 14.3 Å². The highest BCUT2D eigenvalue weighted by Gasteiger charge is 2.28. The topological polar surface area (TPSA) is 66.1 Å². The average molecular weight is 348 g/mol. The van der Waals surface area contributed by atoms with Gasteiger partial charge in [-0.25, -0.2) is 9.80 Å². The number of nitrogens with zero attached hydrogens (tertiary/aromatic N) is 2. The Morgan fingerprint density at radius 1 is 1.25 bits per heavy atom. The fourth-order valence-electron chi connectivity index (χ4n) is 2.60. The average Bonchev–Trinajstić information content (AvgIpc) is 3.25. The Labute approximate surface area is 146 Å². The molecule has 2 N–H and O–H groups in total. The third-order valence-electron chi connectivity index (χ3n) is 3.78. The molecule has 2 aliphatic rings. The summed E-state index contributed by atoms with van der Waals surface area (Å²) in [6.45, 7) is 6.20. The van der Waals surface area contributed by atoms with E-state index < -0.39 is 0 Å². The number of hydrogen-bond donors (Lipinski definition) is 2. The van der Waals surface area contributed by atoms with E-state index in [9.17, 15) is 4.79 Å². The Hall–Kier alpha value is -2.48. The highest BCUT2D eigenvalue weighted by Crippen LogP contribution is 2.32. The Bertz CT molecular complexity index is 652. The van der Waals surface area contributed by atoms with Gasteiger partial charge in [-0.2, -0.15) is 0 Å². The van der Waals surface area contributed by atoms with Crippen LogP contribution < -0.4 is 20.1 Å². The quantitative estimate of drug-likeness (QED) is 0.637. The molecular formula is C16H20N4O3S. The fourth-order valence-corrected chi connectivity index (χ4v) is 2.87. The van der Waals surface area contributed by atoms with Crippen LogP contribution in [0.15, 0.2) is 30.9 Å². The number of ether oxygens (including phenoxy) is 2. The zero-order valence-corrected chi connectivity index (χ0v) is 14.1. The van der Waals surface area contributed by atoms with Crippen molar-refractivity contribution in [2.24, 2.45) is 0 Å². The summed E-state index contributed by atoms with van der Waals surface area (Å²) in [6.07, 6.45) is 2.53. The Balaban J connectivity index is 1.56. The van der Waals surface area contributed by atoms with Crippen molar-refractivity contribution >= 4 is 23.4 Å². The van der Waals surface area contributed by atoms with E-state index in [1.165, 1.54) is 0 Å². The number of thiocarbonyl (C=S) groups is 1. The fraction of sp³-hybridized carbons (Fsp3) is 0.375. The summed E-state index contributed by atoms with van der Waals surface area (Å²) in [5.74, 6) is 1.50. The minimum Gasteiger partial charge on any atom is -0.454 e. The molecule has 8 heteroatoms. The lowest BCUT2D eigenvalue weighted by molar-refractivity contribution is 0.125. The molecule has 0 spiro atoms. The van der Waals surface area contributed by atoms with Gasteiger partial charge in [-0.05, 0) is 36.3 Å². The lowest BCUT2D eigenvalue weighted by Gasteiger charge is -2.30. The van der Waals surface area contributed by atoms with Crippen molar-refractivity contribution in [3.05, 3.63) is 36.4 Å². The van der Waals surface area contributed by atoms with Crippen molar-refractivity contribution in [2.45, 2.75) is 13.0 Å². The molecule has 128 valence electrons. The van der Waals surface area contributed by atoms with E-state index in [1.807, 2.05) is 18.2 Å². The first-order chi connectivity index (χ1) is 11.7. The molecule has 2 heterocycles. The van der Waals surface area contributed by atoms with Crippen LogP contribution >= 0.6 is 12.2 Å². The summed E-state index contributed by atoms with van der Waals surface area (Å²) < 4.78 is 10.7. The van der Waals surface area contributed by atoms with Crippen LogP contribution in [0.1, 0.15) is 12.0 Å². The highest BCUT2D eigenvalue weighted by atomic mass is 32.1. The zero-order valence-electron chi connectivity index (χ0n) is 13.3. The molecule has 0 atom stereocenters. The summed E-state index contributed by atoms with van der Waals surface area (Å²) in [7, 11) is 0. The van der Waals surface area contributed by atoms with Crippen LogP contribution in [-0.4, -0.2) is 47.6 Å². The van der Waals surface area contributed by atoms with Crippen LogP contribution in [0.3, 0.4) is 0 Å². The molecule has 0 aromatic heterocycles. The molecule has 24 heavy (non-hydrogen) atoms. The second-order valence-corrected chi connectivity index (χ2v) is 5.81.